The van der Waals surface area contributed by atoms with Gasteiger partial charge in [0.05, 0.1) is 31.2 Å². The van der Waals surface area contributed by atoms with Crippen molar-refractivity contribution >= 4 is 23.5 Å². The van der Waals surface area contributed by atoms with Crippen LogP contribution in [0, 0.1) is 0 Å². The number of carbonyl (C=O) groups excluding carboxylic acids is 3. The molecule has 0 saturated carbocycles. The van der Waals surface area contributed by atoms with Gasteiger partial charge in [0.2, 0.25) is 11.8 Å². The zero-order chi connectivity index (χ0) is 18.2. The van der Waals surface area contributed by atoms with Gasteiger partial charge >= 0.3 is 5.97 Å². The molecule has 1 heterocycles. The monoisotopic (exact) mass is 344 g/mol. The zero-order valence-electron chi connectivity index (χ0n) is 14.2. The molecule has 2 rings (SSSR count). The van der Waals surface area contributed by atoms with E-state index in [-0.39, 0.29) is 36.9 Å². The van der Waals surface area contributed by atoms with Gasteiger partial charge in [-0.15, -0.1) is 0 Å². The molecule has 0 saturated heterocycles. The predicted molar refractivity (Wildman–Crippen MR) is 91.0 cm³/mol. The van der Waals surface area contributed by atoms with E-state index in [0.29, 0.717) is 11.4 Å². The van der Waals surface area contributed by atoms with E-state index in [1.54, 1.807) is 36.4 Å². The van der Waals surface area contributed by atoms with Crippen molar-refractivity contribution in [3.05, 3.63) is 54.0 Å². The number of hydrogen-bond acceptors (Lipinski definition) is 5. The van der Waals surface area contributed by atoms with Crippen molar-refractivity contribution in [1.82, 2.24) is 5.32 Å². The molecule has 0 spiro atoms. The fourth-order valence-electron chi connectivity index (χ4n) is 2.34. The predicted octanol–water partition coefficient (Wildman–Crippen LogP) is 2.13. The summed E-state index contributed by atoms with van der Waals surface area (Å²) in [6, 6.07) is 10.1. The van der Waals surface area contributed by atoms with Crippen molar-refractivity contribution in [3.8, 4) is 0 Å². The summed E-state index contributed by atoms with van der Waals surface area (Å²) in [6.07, 6.45) is 1.62. The van der Waals surface area contributed by atoms with E-state index in [1.807, 2.05) is 0 Å². The number of nitrogens with one attached hydrogen (secondary N) is 1. The van der Waals surface area contributed by atoms with Crippen LogP contribution in [0.4, 0.5) is 5.69 Å². The van der Waals surface area contributed by atoms with Gasteiger partial charge in [0, 0.05) is 19.9 Å². The molecule has 0 aliphatic heterocycles. The molecule has 1 aromatic carbocycles. The Bertz CT molecular complexity index is 740. The second-order valence-corrected chi connectivity index (χ2v) is 5.29. The van der Waals surface area contributed by atoms with Gasteiger partial charge in [-0.1, -0.05) is 12.1 Å². The zero-order valence-corrected chi connectivity index (χ0v) is 14.2. The first-order valence-corrected chi connectivity index (χ1v) is 7.77. The van der Waals surface area contributed by atoms with Crippen LogP contribution in [-0.2, 0) is 20.9 Å². The summed E-state index contributed by atoms with van der Waals surface area (Å²) in [5.41, 5.74) is 0.692. The number of nitrogens with zero attached hydrogens (tertiary/aromatic N) is 1. The van der Waals surface area contributed by atoms with Gasteiger partial charge in [-0.05, 0) is 24.3 Å². The number of anilines is 1. The average molecular weight is 344 g/mol. The van der Waals surface area contributed by atoms with Gasteiger partial charge in [0.25, 0.3) is 0 Å². The number of amides is 2. The van der Waals surface area contributed by atoms with Gasteiger partial charge in [-0.2, -0.15) is 0 Å². The molecule has 0 atom stereocenters. The number of rotatable bonds is 7. The molecule has 7 nitrogen and oxygen atoms in total. The van der Waals surface area contributed by atoms with Crippen LogP contribution in [-0.4, -0.2) is 31.4 Å². The molecule has 0 fully saturated rings. The van der Waals surface area contributed by atoms with Crippen LogP contribution in [0.25, 0.3) is 0 Å². The molecule has 1 aromatic heterocycles. The summed E-state index contributed by atoms with van der Waals surface area (Å²) in [4.78, 5) is 37.3. The molecule has 132 valence electrons. The Morgan fingerprint density at radius 3 is 2.56 bits per heavy atom. The third kappa shape index (κ3) is 4.94. The lowest BCUT2D eigenvalue weighted by Gasteiger charge is -2.23. The number of ether oxygens (including phenoxy) is 1. The number of methoxy groups -OCH3 is 1. The Kier molecular flexibility index (Phi) is 6.33. The Balaban J connectivity index is 2.03. The van der Waals surface area contributed by atoms with E-state index in [4.69, 9.17) is 9.15 Å². The smallest absolute Gasteiger partial charge is 0.339 e. The highest BCUT2D eigenvalue weighted by Gasteiger charge is 2.20. The van der Waals surface area contributed by atoms with E-state index in [9.17, 15) is 14.4 Å². The van der Waals surface area contributed by atoms with Crippen LogP contribution in [0.15, 0.2) is 47.1 Å². The minimum Gasteiger partial charge on any atom is -0.467 e. The first kappa shape index (κ1) is 18.3. The van der Waals surface area contributed by atoms with Gasteiger partial charge in [0.1, 0.15) is 5.76 Å². The van der Waals surface area contributed by atoms with E-state index in [2.05, 4.69) is 5.32 Å². The number of benzene rings is 1. The van der Waals surface area contributed by atoms with Gasteiger partial charge in [0.15, 0.2) is 0 Å². The molecular formula is C18H20N2O5. The largest absolute Gasteiger partial charge is 0.467 e. The Labute approximate surface area is 145 Å². The second-order valence-electron chi connectivity index (χ2n) is 5.29. The lowest BCUT2D eigenvalue weighted by atomic mass is 10.1. The van der Waals surface area contributed by atoms with Crippen molar-refractivity contribution in [2.75, 3.05) is 18.6 Å². The molecule has 2 amide bonds. The van der Waals surface area contributed by atoms with Crippen LogP contribution < -0.4 is 10.2 Å². The molecule has 0 unspecified atom stereocenters. The molecule has 2 aromatic rings. The first-order valence-electron chi connectivity index (χ1n) is 7.77. The molecule has 1 N–H and O–H groups in total. The average Bonchev–Trinajstić information content (AvgIpc) is 3.13. The minimum absolute atomic E-state index is 0.0931. The summed E-state index contributed by atoms with van der Waals surface area (Å²) in [5, 5.41) is 2.72. The normalized spacial score (nSPS) is 10.2. The molecule has 0 bridgehead atoms. The fourth-order valence-corrected chi connectivity index (χ4v) is 2.34. The van der Waals surface area contributed by atoms with Gasteiger partial charge < -0.3 is 19.4 Å². The number of para-hydroxylation sites is 1. The molecule has 25 heavy (non-hydrogen) atoms. The lowest BCUT2D eigenvalue weighted by molar-refractivity contribution is -0.121. The van der Waals surface area contributed by atoms with Crippen LogP contribution >= 0.6 is 0 Å². The maximum absolute atomic E-state index is 12.0. The molecule has 0 aliphatic rings. The molecule has 0 radical (unpaired) electrons. The van der Waals surface area contributed by atoms with E-state index in [1.165, 1.54) is 25.2 Å². The van der Waals surface area contributed by atoms with E-state index in [0.717, 1.165) is 0 Å². The lowest BCUT2D eigenvalue weighted by Crippen LogP contribution is -2.34. The van der Waals surface area contributed by atoms with Crippen LogP contribution in [0.5, 0.6) is 0 Å². The second kappa shape index (κ2) is 8.68. The van der Waals surface area contributed by atoms with Crippen molar-refractivity contribution in [1.29, 1.82) is 0 Å². The summed E-state index contributed by atoms with van der Waals surface area (Å²) in [6.45, 7) is 1.81. The summed E-state index contributed by atoms with van der Waals surface area (Å²) >= 11 is 0. The number of carbonyl (C=O) groups is 3. The quantitative estimate of drug-likeness (QED) is 0.777. The van der Waals surface area contributed by atoms with Gasteiger partial charge in [-0.25, -0.2) is 4.79 Å². The number of hydrogen-bond donors (Lipinski definition) is 1. The molecular weight excluding hydrogens is 324 g/mol. The topological polar surface area (TPSA) is 88.8 Å². The van der Waals surface area contributed by atoms with Crippen LogP contribution in [0.1, 0.15) is 29.5 Å². The Morgan fingerprint density at radius 2 is 1.92 bits per heavy atom. The third-order valence-electron chi connectivity index (χ3n) is 3.58. The Morgan fingerprint density at radius 1 is 1.16 bits per heavy atom. The summed E-state index contributed by atoms with van der Waals surface area (Å²) in [7, 11) is 1.28. The number of furan rings is 1. The standard InChI is InChI=1S/C18H20N2O5/c1-13(21)20(16-8-4-3-7-15(16)18(23)24-2)10-9-17(22)19-12-14-6-5-11-25-14/h3-8,11H,9-10,12H2,1-2H3,(H,19,22). The number of esters is 1. The maximum atomic E-state index is 12.0. The fraction of sp³-hybridized carbons (Fsp3) is 0.278. The highest BCUT2D eigenvalue weighted by Crippen LogP contribution is 2.21. The van der Waals surface area contributed by atoms with Crippen molar-refractivity contribution in [2.24, 2.45) is 0 Å². The van der Waals surface area contributed by atoms with Gasteiger partial charge in [-0.3, -0.25) is 9.59 Å². The van der Waals surface area contributed by atoms with Crippen LogP contribution in [0.2, 0.25) is 0 Å². The third-order valence-corrected chi connectivity index (χ3v) is 3.58. The molecule has 0 aliphatic carbocycles. The van der Waals surface area contributed by atoms with Crippen LogP contribution in [0.3, 0.4) is 0 Å². The summed E-state index contributed by atoms with van der Waals surface area (Å²) < 4.78 is 9.89. The van der Waals surface area contributed by atoms with E-state index < -0.39 is 5.97 Å². The van der Waals surface area contributed by atoms with Crippen molar-refractivity contribution in [3.63, 3.8) is 0 Å². The maximum Gasteiger partial charge on any atom is 0.339 e. The van der Waals surface area contributed by atoms with Crippen molar-refractivity contribution in [2.45, 2.75) is 19.9 Å². The highest BCUT2D eigenvalue weighted by molar-refractivity contribution is 6.02. The van der Waals surface area contributed by atoms with Crippen molar-refractivity contribution < 1.29 is 23.5 Å². The SMILES string of the molecule is COC(=O)c1ccccc1N(CCC(=O)NCc1ccco1)C(C)=O. The summed E-state index contributed by atoms with van der Waals surface area (Å²) in [5.74, 6) is -0.384. The molecule has 7 heteroatoms. The van der Waals surface area contributed by atoms with E-state index >= 15 is 0 Å². The minimum atomic E-state index is -0.538. The first-order chi connectivity index (χ1) is 12.0. The Hall–Kier alpha value is -3.09. The highest BCUT2D eigenvalue weighted by atomic mass is 16.5.